The molecule has 0 aromatic heterocycles. The van der Waals surface area contributed by atoms with Crippen LogP contribution in [-0.4, -0.2) is 73.8 Å². The van der Waals surface area contributed by atoms with Crippen molar-refractivity contribution in [3.8, 4) is 0 Å². The smallest absolute Gasteiger partial charge is 0.227 e. The summed E-state index contributed by atoms with van der Waals surface area (Å²) in [5, 5.41) is 1.23. The fourth-order valence-electron chi connectivity index (χ4n) is 9.16. The molecule has 0 N–H and O–H groups in total. The second-order valence-electron chi connectivity index (χ2n) is 14.8. The molecule has 5 fully saturated rings. The summed E-state index contributed by atoms with van der Waals surface area (Å²) < 4.78 is 28.5. The van der Waals surface area contributed by atoms with Gasteiger partial charge < -0.3 is 13.9 Å². The molecular formula is C36H50Cl2N2O4S. The highest BCUT2D eigenvalue weighted by Gasteiger charge is 2.53. The van der Waals surface area contributed by atoms with E-state index in [0.717, 1.165) is 37.4 Å². The minimum absolute atomic E-state index is 0.0608. The van der Waals surface area contributed by atoms with Crippen LogP contribution in [-0.2, 0) is 26.7 Å². The lowest BCUT2D eigenvalue weighted by Crippen LogP contribution is -2.64. The summed E-state index contributed by atoms with van der Waals surface area (Å²) in [6.07, 6.45) is 14.8. The standard InChI is InChI=1S/C35H47Cl2N2O.CH4O3S/c1-26-20-27(2)22-28(21-26)23-33(40)38-15-10-35(25-38,30-8-9-31(36)32(37)24-30)14-19-39-16-11-34(12-17-39,13-18-39)29-6-4-3-5-7-29;1-5(2,3)4/h8-9,20-22,24,29H,3-7,10-19,23,25H2,1-2H3;1H3,(H,2,3,4)/q+1;/p-1. The number of piperidine rings is 3. The third-order valence-electron chi connectivity index (χ3n) is 11.7. The van der Waals surface area contributed by atoms with E-state index in [-0.39, 0.29) is 11.3 Å². The van der Waals surface area contributed by atoms with Gasteiger partial charge in [-0.2, -0.15) is 0 Å². The zero-order chi connectivity index (χ0) is 32.5. The van der Waals surface area contributed by atoms with E-state index < -0.39 is 10.1 Å². The monoisotopic (exact) mass is 676 g/mol. The van der Waals surface area contributed by atoms with Gasteiger partial charge in [-0.3, -0.25) is 4.79 Å². The molecule has 7 rings (SSSR count). The van der Waals surface area contributed by atoms with E-state index in [0.29, 0.717) is 28.1 Å². The van der Waals surface area contributed by atoms with Gasteiger partial charge in [0.25, 0.3) is 0 Å². The van der Waals surface area contributed by atoms with E-state index in [1.807, 2.05) is 6.07 Å². The molecule has 4 heterocycles. The van der Waals surface area contributed by atoms with E-state index in [2.05, 4.69) is 49.1 Å². The lowest BCUT2D eigenvalue weighted by atomic mass is 9.59. The summed E-state index contributed by atoms with van der Waals surface area (Å²) in [4.78, 5) is 15.7. The van der Waals surface area contributed by atoms with Crippen molar-refractivity contribution in [2.75, 3.05) is 45.5 Å². The van der Waals surface area contributed by atoms with Crippen molar-refractivity contribution in [3.05, 3.63) is 68.7 Å². The van der Waals surface area contributed by atoms with E-state index in [1.165, 1.54) is 98.7 Å². The van der Waals surface area contributed by atoms with E-state index >= 15 is 0 Å². The van der Waals surface area contributed by atoms with Gasteiger partial charge in [-0.1, -0.05) is 77.9 Å². The number of likely N-dealkylation sites (tertiary alicyclic amines) is 1. The predicted molar refractivity (Wildman–Crippen MR) is 182 cm³/mol. The summed E-state index contributed by atoms with van der Waals surface area (Å²) in [5.74, 6) is 1.23. The summed E-state index contributed by atoms with van der Waals surface area (Å²) in [6, 6.07) is 12.7. The molecule has 6 nitrogen and oxygen atoms in total. The van der Waals surface area contributed by atoms with Crippen LogP contribution in [0.3, 0.4) is 0 Å². The molecule has 1 saturated carbocycles. The van der Waals surface area contributed by atoms with Gasteiger partial charge >= 0.3 is 0 Å². The third-order valence-corrected chi connectivity index (χ3v) is 12.4. The van der Waals surface area contributed by atoms with E-state index in [1.54, 1.807) is 0 Å². The zero-order valence-corrected chi connectivity index (χ0v) is 29.6. The van der Waals surface area contributed by atoms with Crippen molar-refractivity contribution in [1.82, 2.24) is 4.90 Å². The number of aryl methyl sites for hydroxylation is 2. The van der Waals surface area contributed by atoms with Crippen LogP contribution in [0.1, 0.15) is 86.5 Å². The number of benzene rings is 2. The summed E-state index contributed by atoms with van der Waals surface area (Å²) in [6.45, 7) is 11.1. The highest BCUT2D eigenvalue weighted by Crippen LogP contribution is 2.53. The number of quaternary nitrogens is 1. The normalized spacial score (nSPS) is 28.5. The lowest BCUT2D eigenvalue weighted by Gasteiger charge is -2.58. The molecule has 9 heteroatoms. The number of halogens is 2. The van der Waals surface area contributed by atoms with Crippen molar-refractivity contribution < 1.29 is 22.2 Å². The van der Waals surface area contributed by atoms with Crippen LogP contribution >= 0.6 is 23.2 Å². The van der Waals surface area contributed by atoms with Gasteiger partial charge in [-0.05, 0) is 67.7 Å². The molecule has 4 aliphatic heterocycles. The molecule has 2 aromatic rings. The molecule has 45 heavy (non-hydrogen) atoms. The van der Waals surface area contributed by atoms with Gasteiger partial charge in [0.05, 0.1) is 52.8 Å². The second-order valence-corrected chi connectivity index (χ2v) is 17.0. The summed E-state index contributed by atoms with van der Waals surface area (Å²) in [7, 11) is -3.92. The number of carbonyl (C=O) groups is 1. The first-order valence-corrected chi connectivity index (χ1v) is 19.3. The van der Waals surface area contributed by atoms with Gasteiger partial charge in [0.1, 0.15) is 0 Å². The maximum Gasteiger partial charge on any atom is 0.227 e. The molecule has 2 aromatic carbocycles. The first-order valence-electron chi connectivity index (χ1n) is 16.8. The molecule has 0 radical (unpaired) electrons. The van der Waals surface area contributed by atoms with Crippen molar-refractivity contribution in [2.24, 2.45) is 11.3 Å². The van der Waals surface area contributed by atoms with Crippen LogP contribution in [0.5, 0.6) is 0 Å². The quantitative estimate of drug-likeness (QED) is 0.225. The Morgan fingerprint density at radius 2 is 1.53 bits per heavy atom. The van der Waals surface area contributed by atoms with E-state index in [9.17, 15) is 4.79 Å². The molecule has 4 saturated heterocycles. The fraction of sp³-hybridized carbons (Fsp3) is 0.639. The number of amides is 1. The SMILES string of the molecule is CS(=O)(=O)[O-].Cc1cc(C)cc(CC(=O)N2CCC(CC[N+]34CCC(C5CCCCC5)(CC3)CC4)(c3ccc(Cl)c(Cl)c3)C2)c1. The van der Waals surface area contributed by atoms with Crippen molar-refractivity contribution in [1.29, 1.82) is 0 Å². The Hall–Kier alpha value is -1.64. The van der Waals surface area contributed by atoms with Crippen LogP contribution in [0.2, 0.25) is 10.0 Å². The van der Waals surface area contributed by atoms with Gasteiger partial charge in [0.2, 0.25) is 5.91 Å². The average Bonchev–Trinajstić information content (AvgIpc) is 3.44. The molecule has 5 aliphatic rings. The number of hydrogen-bond acceptors (Lipinski definition) is 4. The molecule has 1 atom stereocenters. The van der Waals surface area contributed by atoms with Gasteiger partial charge in [0, 0.05) is 50.4 Å². The molecule has 1 unspecified atom stereocenters. The minimum Gasteiger partial charge on any atom is -0.748 e. The Labute approximate surface area is 280 Å². The van der Waals surface area contributed by atoms with E-state index in [4.69, 9.17) is 36.2 Å². The topological polar surface area (TPSA) is 77.5 Å². The number of carbonyl (C=O) groups excluding carboxylic acids is 1. The van der Waals surface area contributed by atoms with Crippen LogP contribution in [0, 0.1) is 25.2 Å². The zero-order valence-electron chi connectivity index (χ0n) is 27.3. The maximum atomic E-state index is 13.6. The molecular weight excluding hydrogens is 627 g/mol. The number of hydrogen-bond donors (Lipinski definition) is 0. The minimum atomic E-state index is -3.92. The molecule has 2 bridgehead atoms. The third kappa shape index (κ3) is 8.45. The molecule has 1 aliphatic carbocycles. The Kier molecular flexibility index (Phi) is 10.7. The largest absolute Gasteiger partial charge is 0.748 e. The number of nitrogens with zero attached hydrogens (tertiary/aromatic N) is 2. The molecule has 248 valence electrons. The van der Waals surface area contributed by atoms with Crippen LogP contribution in [0.25, 0.3) is 0 Å². The van der Waals surface area contributed by atoms with Gasteiger partial charge in [-0.15, -0.1) is 0 Å². The average molecular weight is 678 g/mol. The number of fused-ring (bicyclic) bond motifs is 3. The second kappa shape index (κ2) is 13.8. The van der Waals surface area contributed by atoms with Gasteiger partial charge in [-0.25, -0.2) is 8.42 Å². The highest BCUT2D eigenvalue weighted by atomic mass is 35.5. The fourth-order valence-corrected chi connectivity index (χ4v) is 9.45. The highest BCUT2D eigenvalue weighted by molar-refractivity contribution is 7.84. The predicted octanol–water partition coefficient (Wildman–Crippen LogP) is 7.46. The maximum absolute atomic E-state index is 13.6. The van der Waals surface area contributed by atoms with Gasteiger partial charge in [0.15, 0.2) is 0 Å². The summed E-state index contributed by atoms with van der Waals surface area (Å²) in [5.41, 5.74) is 5.41. The van der Waals surface area contributed by atoms with Crippen LogP contribution < -0.4 is 0 Å². The first kappa shape index (κ1) is 34.7. The Bertz CT molecular complexity index is 1440. The number of rotatable bonds is 7. The molecule has 1 amide bonds. The Morgan fingerprint density at radius 1 is 0.933 bits per heavy atom. The molecule has 0 spiro atoms. The Morgan fingerprint density at radius 3 is 2.11 bits per heavy atom. The van der Waals surface area contributed by atoms with Crippen molar-refractivity contribution >= 4 is 39.2 Å². The lowest BCUT2D eigenvalue weighted by molar-refractivity contribution is -0.946. The van der Waals surface area contributed by atoms with Crippen LogP contribution in [0.15, 0.2) is 36.4 Å². The first-order chi connectivity index (χ1) is 21.2. The summed E-state index contributed by atoms with van der Waals surface area (Å²) >= 11 is 12.9. The Balaban J connectivity index is 0.000000743. The van der Waals surface area contributed by atoms with Crippen molar-refractivity contribution in [3.63, 3.8) is 0 Å². The van der Waals surface area contributed by atoms with Crippen molar-refractivity contribution in [2.45, 2.75) is 89.9 Å². The van der Waals surface area contributed by atoms with Crippen LogP contribution in [0.4, 0.5) is 0 Å².